The van der Waals surface area contributed by atoms with Crippen LogP contribution < -0.4 is 9.80 Å². The first-order chi connectivity index (χ1) is 40.7. The van der Waals surface area contributed by atoms with E-state index in [0.29, 0.717) is 23.7 Å². The van der Waals surface area contributed by atoms with E-state index in [0.717, 1.165) is 12.8 Å². The summed E-state index contributed by atoms with van der Waals surface area (Å²) in [4.78, 5) is 5.46. The first-order valence-electron chi connectivity index (χ1n) is 31.4. The molecule has 12 aromatic carbocycles. The molecule has 6 atom stereocenters. The highest BCUT2D eigenvalue weighted by Gasteiger charge is 2.54. The van der Waals surface area contributed by atoms with E-state index in [-0.39, 0.29) is 21.9 Å². The van der Waals surface area contributed by atoms with E-state index in [2.05, 4.69) is 284 Å². The maximum absolute atomic E-state index is 2.73. The lowest BCUT2D eigenvalue weighted by Gasteiger charge is -2.49. The second-order valence-electron chi connectivity index (χ2n) is 28.5. The van der Waals surface area contributed by atoms with E-state index in [1.165, 1.54) is 158 Å². The highest BCUT2D eigenvalue weighted by atomic mass is 15.2. The summed E-state index contributed by atoms with van der Waals surface area (Å²) in [6.07, 6.45) is 7.17. The van der Waals surface area contributed by atoms with E-state index in [1.807, 2.05) is 0 Å². The van der Waals surface area contributed by atoms with E-state index < -0.39 is 0 Å². The fraction of sp³-hybridized carbons (Fsp3) is 0.268. The van der Waals surface area contributed by atoms with Crippen molar-refractivity contribution >= 4 is 76.6 Å². The molecule has 0 spiro atoms. The number of fused-ring (bicyclic) bond motifs is 8. The zero-order valence-electron chi connectivity index (χ0n) is 50.2. The van der Waals surface area contributed by atoms with E-state index in [1.54, 1.807) is 0 Å². The lowest BCUT2D eigenvalue weighted by Crippen LogP contribution is -2.48. The van der Waals surface area contributed by atoms with Crippen molar-refractivity contribution in [1.82, 2.24) is 0 Å². The molecule has 2 saturated carbocycles. The predicted octanol–water partition coefficient (Wildman–Crippen LogP) is 23.2. The second-order valence-corrected chi connectivity index (χ2v) is 28.5. The first-order valence-corrected chi connectivity index (χ1v) is 31.4. The molecule has 0 saturated heterocycles. The molecule has 0 bridgehead atoms. The van der Waals surface area contributed by atoms with Crippen molar-refractivity contribution in [1.29, 1.82) is 0 Å². The molecule has 0 amide bonds. The fourth-order valence-corrected chi connectivity index (χ4v) is 17.4. The zero-order valence-corrected chi connectivity index (χ0v) is 50.2. The number of benzene rings is 12. The van der Waals surface area contributed by atoms with Crippen LogP contribution in [0.4, 0.5) is 22.7 Å². The SMILES string of the molecule is CC(C)(C)C1CCC2(C)C(C1)c1cc(-c3cc(-c4cccc5ccccc45)c4ccc5c(-c6ccc7c(c6)C6CC(C(C)(C)C)CCC6(C)N7c6ccccc6)cc(-c6cccc7ccccc67)c6ccc3c4c56)ccc1N2c1ccccc1. The molecule has 6 unspecified atom stereocenters. The van der Waals surface area contributed by atoms with Crippen LogP contribution in [0, 0.1) is 22.7 Å². The Balaban J connectivity index is 0.983. The van der Waals surface area contributed by atoms with Crippen LogP contribution in [0.15, 0.2) is 218 Å². The van der Waals surface area contributed by atoms with Gasteiger partial charge in [0.25, 0.3) is 0 Å². The lowest BCUT2D eigenvalue weighted by atomic mass is 9.62. The van der Waals surface area contributed by atoms with Crippen LogP contribution in [0.5, 0.6) is 0 Å². The molecule has 4 aliphatic rings. The number of hydrogen-bond donors (Lipinski definition) is 0. The summed E-state index contributed by atoms with van der Waals surface area (Å²) in [6, 6.07) is 84.7. The van der Waals surface area contributed by atoms with Gasteiger partial charge in [0.2, 0.25) is 0 Å². The summed E-state index contributed by atoms with van der Waals surface area (Å²) < 4.78 is 0. The molecule has 0 N–H and O–H groups in total. The summed E-state index contributed by atoms with van der Waals surface area (Å²) in [5, 5.41) is 13.0. The van der Waals surface area contributed by atoms with Crippen LogP contribution in [0.25, 0.3) is 98.4 Å². The van der Waals surface area contributed by atoms with Crippen LogP contribution in [0.1, 0.15) is 117 Å². The van der Waals surface area contributed by atoms with Gasteiger partial charge in [-0.05, 0) is 245 Å². The highest BCUT2D eigenvalue weighted by molar-refractivity contribution is 6.33. The van der Waals surface area contributed by atoms with Gasteiger partial charge in [-0.1, -0.05) is 199 Å². The molecule has 2 heterocycles. The van der Waals surface area contributed by atoms with Crippen molar-refractivity contribution in [3.63, 3.8) is 0 Å². The largest absolute Gasteiger partial charge is 0.335 e. The molecule has 2 heteroatoms. The Bertz CT molecular complexity index is 4290. The van der Waals surface area contributed by atoms with E-state index >= 15 is 0 Å². The average molecular weight is 1090 g/mol. The third-order valence-corrected chi connectivity index (χ3v) is 22.0. The van der Waals surface area contributed by atoms with Gasteiger partial charge < -0.3 is 9.80 Å². The van der Waals surface area contributed by atoms with Gasteiger partial charge in [-0.2, -0.15) is 0 Å². The van der Waals surface area contributed by atoms with E-state index in [4.69, 9.17) is 0 Å². The summed E-state index contributed by atoms with van der Waals surface area (Å²) in [6.45, 7) is 20.0. The molecule has 2 fully saturated rings. The third-order valence-electron chi connectivity index (χ3n) is 22.0. The highest BCUT2D eigenvalue weighted by Crippen LogP contribution is 2.63. The Morgan fingerprint density at radius 2 is 0.714 bits per heavy atom. The van der Waals surface area contributed by atoms with Crippen LogP contribution >= 0.6 is 0 Å². The molecule has 0 radical (unpaired) electrons. The number of rotatable bonds is 6. The number of anilines is 4. The topological polar surface area (TPSA) is 6.48 Å². The number of nitrogens with zero attached hydrogens (tertiary/aromatic N) is 2. The summed E-state index contributed by atoms with van der Waals surface area (Å²) in [5.41, 5.74) is 19.0. The van der Waals surface area contributed by atoms with Crippen molar-refractivity contribution in [3.05, 3.63) is 230 Å². The van der Waals surface area contributed by atoms with Gasteiger partial charge in [-0.25, -0.2) is 0 Å². The van der Waals surface area contributed by atoms with Crippen LogP contribution in [0.3, 0.4) is 0 Å². The van der Waals surface area contributed by atoms with Crippen molar-refractivity contribution < 1.29 is 0 Å². The van der Waals surface area contributed by atoms with Gasteiger partial charge in [0.05, 0.1) is 0 Å². The lowest BCUT2D eigenvalue weighted by molar-refractivity contribution is 0.127. The van der Waals surface area contributed by atoms with E-state index in [9.17, 15) is 0 Å². The maximum atomic E-state index is 2.73. The van der Waals surface area contributed by atoms with Crippen LogP contribution in [0.2, 0.25) is 0 Å². The minimum Gasteiger partial charge on any atom is -0.335 e. The zero-order chi connectivity index (χ0) is 57.0. The molecule has 414 valence electrons. The van der Waals surface area contributed by atoms with Crippen molar-refractivity contribution in [2.45, 2.75) is 117 Å². The first kappa shape index (κ1) is 51.4. The molecule has 2 nitrogen and oxygen atoms in total. The number of hydrogen-bond acceptors (Lipinski definition) is 2. The normalized spacial score (nSPS) is 22.3. The summed E-state index contributed by atoms with van der Waals surface area (Å²) in [5.74, 6) is 2.07. The van der Waals surface area contributed by atoms with Crippen molar-refractivity contribution in [2.24, 2.45) is 22.7 Å². The number of para-hydroxylation sites is 2. The minimum absolute atomic E-state index is 0.0312. The fourth-order valence-electron chi connectivity index (χ4n) is 17.4. The van der Waals surface area contributed by atoms with Gasteiger partial charge >= 0.3 is 0 Å². The molecular weight excluding hydrogens is 1010 g/mol. The van der Waals surface area contributed by atoms with Gasteiger partial charge in [0.15, 0.2) is 0 Å². The summed E-state index contributed by atoms with van der Waals surface area (Å²) >= 11 is 0. The standard InChI is InChI=1S/C82H76N2/c1-79(2,3)55-41-43-81(7)73(47-55)71-45-53(33-39-75(71)83(81)57-25-11-9-12-26-57)67-49-69(61-31-19-23-51-21-15-17-29-59(51)61)65-38-36-64-68(50-70(66-37-35-63(67)77(65)78(64)66)62-32-20-24-52-22-16-18-30-60(52)62)54-34-40-76-72(46-54)74-48-56(80(4,5)6)42-44-82(74,8)84(76)58-27-13-10-14-28-58/h9-40,45-46,49-50,55-56,73-74H,41-44,47-48H2,1-8H3. The third kappa shape index (κ3) is 7.67. The molecule has 0 aromatic heterocycles. The van der Waals surface area contributed by atoms with Gasteiger partial charge in [0, 0.05) is 45.7 Å². The van der Waals surface area contributed by atoms with Gasteiger partial charge in [-0.3, -0.25) is 0 Å². The van der Waals surface area contributed by atoms with Gasteiger partial charge in [0.1, 0.15) is 0 Å². The Kier molecular flexibility index (Phi) is 11.4. The quantitative estimate of drug-likeness (QED) is 0.153. The molecule has 16 rings (SSSR count). The van der Waals surface area contributed by atoms with Gasteiger partial charge in [-0.15, -0.1) is 0 Å². The average Bonchev–Trinajstić information content (AvgIpc) is 1.36. The summed E-state index contributed by atoms with van der Waals surface area (Å²) in [7, 11) is 0. The molecule has 84 heavy (non-hydrogen) atoms. The molecule has 12 aromatic rings. The maximum Gasteiger partial charge on any atom is 0.0492 e. The van der Waals surface area contributed by atoms with Crippen LogP contribution in [-0.2, 0) is 0 Å². The van der Waals surface area contributed by atoms with Crippen molar-refractivity contribution in [2.75, 3.05) is 9.80 Å². The molecule has 2 aliphatic carbocycles. The molecular formula is C82H76N2. The van der Waals surface area contributed by atoms with Crippen LogP contribution in [-0.4, -0.2) is 11.1 Å². The predicted molar refractivity (Wildman–Crippen MR) is 360 cm³/mol. The Labute approximate surface area is 497 Å². The Morgan fingerprint density at radius 3 is 1.12 bits per heavy atom. The molecule has 2 aliphatic heterocycles. The Hall–Kier alpha value is -8.20. The monoisotopic (exact) mass is 1090 g/mol. The smallest absolute Gasteiger partial charge is 0.0492 e. The van der Waals surface area contributed by atoms with Crippen molar-refractivity contribution in [3.8, 4) is 44.5 Å². The minimum atomic E-state index is -0.0312. The Morgan fingerprint density at radius 1 is 0.345 bits per heavy atom. The second kappa shape index (κ2) is 18.6.